The van der Waals surface area contributed by atoms with Crippen LogP contribution in [-0.2, 0) is 9.59 Å². The summed E-state index contributed by atoms with van der Waals surface area (Å²) < 4.78 is 52.2. The monoisotopic (exact) mass is 454 g/mol. The molecule has 2 amide bonds. The van der Waals surface area contributed by atoms with Crippen molar-refractivity contribution in [1.29, 1.82) is 0 Å². The number of anilines is 2. The average molecular weight is 454 g/mol. The van der Waals surface area contributed by atoms with Crippen molar-refractivity contribution in [3.63, 3.8) is 0 Å². The van der Waals surface area contributed by atoms with Gasteiger partial charge in [0.1, 0.15) is 34.6 Å². The van der Waals surface area contributed by atoms with Gasteiger partial charge in [-0.2, -0.15) is 0 Å². The van der Waals surface area contributed by atoms with Crippen molar-refractivity contribution in [3.8, 4) is 11.5 Å². The molecular weight excluding hydrogens is 437 g/mol. The fourth-order valence-electron chi connectivity index (χ4n) is 3.43. The van der Waals surface area contributed by atoms with E-state index in [0.717, 1.165) is 30.3 Å². The van der Waals surface area contributed by atoms with Gasteiger partial charge in [-0.3, -0.25) is 9.59 Å². The van der Waals surface area contributed by atoms with Crippen molar-refractivity contribution in [3.05, 3.63) is 89.4 Å². The maximum Gasteiger partial charge on any atom is 0.282 e. The van der Waals surface area contributed by atoms with E-state index in [1.807, 2.05) is 0 Å². The number of imide groups is 1. The smallest absolute Gasteiger partial charge is 0.282 e. The molecule has 1 heterocycles. The van der Waals surface area contributed by atoms with Crippen LogP contribution in [0.25, 0.3) is 5.57 Å². The summed E-state index contributed by atoms with van der Waals surface area (Å²) in [6.45, 7) is 0. The third-order valence-electron chi connectivity index (χ3n) is 4.99. The topological polar surface area (TPSA) is 67.9 Å². The van der Waals surface area contributed by atoms with Crippen LogP contribution in [0.2, 0.25) is 0 Å². The van der Waals surface area contributed by atoms with Gasteiger partial charge < -0.3 is 14.8 Å². The van der Waals surface area contributed by atoms with E-state index in [1.54, 1.807) is 18.2 Å². The molecule has 0 saturated heterocycles. The third-order valence-corrected chi connectivity index (χ3v) is 4.99. The number of benzene rings is 3. The molecule has 3 aromatic carbocycles. The van der Waals surface area contributed by atoms with Crippen LogP contribution < -0.4 is 19.7 Å². The van der Waals surface area contributed by atoms with Gasteiger partial charge in [-0.1, -0.05) is 12.1 Å². The number of ether oxygens (including phenoxy) is 2. The van der Waals surface area contributed by atoms with Crippen LogP contribution in [0.5, 0.6) is 11.5 Å². The molecule has 1 N–H and O–H groups in total. The molecule has 1 aliphatic heterocycles. The molecule has 0 aromatic heterocycles. The lowest BCUT2D eigenvalue weighted by molar-refractivity contribution is -0.120. The number of hydrogen-bond donors (Lipinski definition) is 1. The van der Waals surface area contributed by atoms with Crippen LogP contribution in [0, 0.1) is 17.5 Å². The maximum atomic E-state index is 14.5. The van der Waals surface area contributed by atoms with Gasteiger partial charge in [-0.25, -0.2) is 18.1 Å². The Labute approximate surface area is 186 Å². The molecule has 4 rings (SSSR count). The van der Waals surface area contributed by atoms with E-state index in [9.17, 15) is 22.8 Å². The summed E-state index contributed by atoms with van der Waals surface area (Å²) in [5.41, 5.74) is -0.324. The van der Waals surface area contributed by atoms with E-state index in [4.69, 9.17) is 9.47 Å². The molecule has 0 unspecified atom stereocenters. The van der Waals surface area contributed by atoms with Gasteiger partial charge in [0.05, 0.1) is 25.5 Å². The summed E-state index contributed by atoms with van der Waals surface area (Å²) in [7, 11) is 2.89. The molecule has 6 nitrogen and oxygen atoms in total. The standard InChI is InChI=1S/C24H17F3N2O4/c1-32-17-10-16(11-18(12-17)33-2)28-22-21(13-3-5-14(25)6-4-13)23(30)29(24(22)31)20-9-15(26)7-8-19(20)27/h3-12,28H,1-2H3. The van der Waals surface area contributed by atoms with Crippen molar-refractivity contribution >= 4 is 28.8 Å². The molecule has 0 saturated carbocycles. The Morgan fingerprint density at radius 2 is 1.36 bits per heavy atom. The van der Waals surface area contributed by atoms with Gasteiger partial charge in [0, 0.05) is 30.0 Å². The SMILES string of the molecule is COc1cc(NC2=C(c3ccc(F)cc3)C(=O)N(c3cc(F)ccc3F)C2=O)cc(OC)c1. The Hall–Kier alpha value is -4.27. The first-order valence-corrected chi connectivity index (χ1v) is 9.66. The first-order chi connectivity index (χ1) is 15.8. The number of hydrogen-bond acceptors (Lipinski definition) is 5. The number of nitrogens with zero attached hydrogens (tertiary/aromatic N) is 1. The minimum atomic E-state index is -0.958. The Morgan fingerprint density at radius 3 is 1.97 bits per heavy atom. The normalized spacial score (nSPS) is 13.5. The average Bonchev–Trinajstić information content (AvgIpc) is 3.05. The maximum absolute atomic E-state index is 14.5. The Bertz CT molecular complexity index is 1270. The molecule has 3 aromatic rings. The first kappa shape index (κ1) is 21.9. The lowest BCUT2D eigenvalue weighted by Crippen LogP contribution is -2.33. The van der Waals surface area contributed by atoms with Gasteiger partial charge in [-0.05, 0) is 29.8 Å². The van der Waals surface area contributed by atoms with Gasteiger partial charge in [0.25, 0.3) is 11.8 Å². The lowest BCUT2D eigenvalue weighted by atomic mass is 10.0. The zero-order valence-corrected chi connectivity index (χ0v) is 17.5. The van der Waals surface area contributed by atoms with Gasteiger partial charge in [0.2, 0.25) is 0 Å². The van der Waals surface area contributed by atoms with E-state index < -0.39 is 35.0 Å². The molecule has 1 aliphatic rings. The molecule has 0 fully saturated rings. The second-order valence-electron chi connectivity index (χ2n) is 7.02. The summed E-state index contributed by atoms with van der Waals surface area (Å²) in [5, 5.41) is 2.87. The second kappa shape index (κ2) is 8.70. The number of carbonyl (C=O) groups is 2. The highest BCUT2D eigenvalue weighted by atomic mass is 19.1. The van der Waals surface area contributed by atoms with E-state index in [1.165, 1.54) is 26.4 Å². The van der Waals surface area contributed by atoms with Crippen molar-refractivity contribution in [1.82, 2.24) is 0 Å². The molecule has 0 atom stereocenters. The molecule has 9 heteroatoms. The summed E-state index contributed by atoms with van der Waals surface area (Å²) >= 11 is 0. The molecule has 0 radical (unpaired) electrons. The largest absolute Gasteiger partial charge is 0.497 e. The Morgan fingerprint density at radius 1 is 0.758 bits per heavy atom. The highest BCUT2D eigenvalue weighted by Gasteiger charge is 2.41. The molecular formula is C24H17F3N2O4. The molecule has 0 spiro atoms. The first-order valence-electron chi connectivity index (χ1n) is 9.66. The van der Waals surface area contributed by atoms with Crippen LogP contribution in [-0.4, -0.2) is 26.0 Å². The lowest BCUT2D eigenvalue weighted by Gasteiger charge is -2.16. The van der Waals surface area contributed by atoms with E-state index >= 15 is 0 Å². The summed E-state index contributed by atoms with van der Waals surface area (Å²) in [5.74, 6) is -3.32. The number of rotatable bonds is 6. The predicted molar refractivity (Wildman–Crippen MR) is 115 cm³/mol. The zero-order chi connectivity index (χ0) is 23.7. The van der Waals surface area contributed by atoms with Gasteiger partial charge in [0.15, 0.2) is 0 Å². The number of amides is 2. The summed E-state index contributed by atoms with van der Waals surface area (Å²) in [6, 6.07) is 12.0. The van der Waals surface area contributed by atoms with Crippen molar-refractivity contribution < 1.29 is 32.2 Å². The number of halogens is 3. The highest BCUT2D eigenvalue weighted by molar-refractivity contribution is 6.46. The minimum Gasteiger partial charge on any atom is -0.497 e. The van der Waals surface area contributed by atoms with Crippen molar-refractivity contribution in [2.24, 2.45) is 0 Å². The van der Waals surface area contributed by atoms with Gasteiger partial charge in [-0.15, -0.1) is 0 Å². The van der Waals surface area contributed by atoms with E-state index in [2.05, 4.69) is 5.32 Å². The molecule has 0 bridgehead atoms. The van der Waals surface area contributed by atoms with Crippen LogP contribution in [0.3, 0.4) is 0 Å². The van der Waals surface area contributed by atoms with Crippen molar-refractivity contribution in [2.45, 2.75) is 0 Å². The quantitative estimate of drug-likeness (QED) is 0.555. The number of methoxy groups -OCH3 is 2. The van der Waals surface area contributed by atoms with E-state index in [0.29, 0.717) is 22.1 Å². The van der Waals surface area contributed by atoms with Crippen LogP contribution >= 0.6 is 0 Å². The molecule has 168 valence electrons. The fourth-order valence-corrected chi connectivity index (χ4v) is 3.43. The van der Waals surface area contributed by atoms with Crippen molar-refractivity contribution in [2.75, 3.05) is 24.4 Å². The fraction of sp³-hybridized carbons (Fsp3) is 0.0833. The number of carbonyl (C=O) groups excluding carboxylic acids is 2. The minimum absolute atomic E-state index is 0.134. The van der Waals surface area contributed by atoms with Crippen LogP contribution in [0.4, 0.5) is 24.5 Å². The Kier molecular flexibility index (Phi) is 5.78. The van der Waals surface area contributed by atoms with Crippen LogP contribution in [0.1, 0.15) is 5.56 Å². The van der Waals surface area contributed by atoms with E-state index in [-0.39, 0.29) is 16.8 Å². The molecule has 33 heavy (non-hydrogen) atoms. The number of nitrogens with one attached hydrogen (secondary N) is 1. The zero-order valence-electron chi connectivity index (χ0n) is 17.5. The summed E-state index contributed by atoms with van der Waals surface area (Å²) in [4.78, 5) is 27.1. The molecule has 0 aliphatic carbocycles. The summed E-state index contributed by atoms with van der Waals surface area (Å²) in [6.07, 6.45) is 0. The predicted octanol–water partition coefficient (Wildman–Crippen LogP) is 4.52. The second-order valence-corrected chi connectivity index (χ2v) is 7.02. The van der Waals surface area contributed by atoms with Gasteiger partial charge >= 0.3 is 0 Å². The Balaban J connectivity index is 1.86. The van der Waals surface area contributed by atoms with Crippen LogP contribution in [0.15, 0.2) is 66.4 Å². The highest BCUT2D eigenvalue weighted by Crippen LogP contribution is 2.36. The third kappa shape index (κ3) is 4.12.